The third kappa shape index (κ3) is 5.64. The maximum atomic E-state index is 13.1. The lowest BCUT2D eigenvalue weighted by molar-refractivity contribution is -0.136. The van der Waals surface area contributed by atoms with Crippen LogP contribution in [-0.2, 0) is 11.3 Å². The lowest BCUT2D eigenvalue weighted by Gasteiger charge is -2.36. The molecule has 0 bridgehead atoms. The number of rotatable bonds is 6. The van der Waals surface area contributed by atoms with E-state index >= 15 is 0 Å². The molecule has 2 aromatic rings. The van der Waals surface area contributed by atoms with Crippen LogP contribution in [0.5, 0.6) is 0 Å². The number of amides is 2. The first-order chi connectivity index (χ1) is 14.8. The van der Waals surface area contributed by atoms with Gasteiger partial charge in [-0.1, -0.05) is 12.1 Å². The summed E-state index contributed by atoms with van der Waals surface area (Å²) in [6, 6.07) is 6.12. The van der Waals surface area contributed by atoms with Crippen LogP contribution >= 0.6 is 0 Å². The van der Waals surface area contributed by atoms with Crippen LogP contribution in [0, 0.1) is 12.7 Å². The summed E-state index contributed by atoms with van der Waals surface area (Å²) < 4.78 is 13.1. The Morgan fingerprint density at radius 2 is 1.87 bits per heavy atom. The summed E-state index contributed by atoms with van der Waals surface area (Å²) in [5.41, 5.74) is 2.04. The van der Waals surface area contributed by atoms with E-state index in [0.29, 0.717) is 30.2 Å². The van der Waals surface area contributed by atoms with Crippen molar-refractivity contribution in [3.8, 4) is 0 Å². The molecule has 8 heteroatoms. The summed E-state index contributed by atoms with van der Waals surface area (Å²) in [6.07, 6.45) is 4.31. The van der Waals surface area contributed by atoms with Gasteiger partial charge in [-0.2, -0.15) is 0 Å². The second-order valence-electron chi connectivity index (χ2n) is 8.32. The highest BCUT2D eigenvalue weighted by molar-refractivity contribution is 5.94. The zero-order valence-electron chi connectivity index (χ0n) is 18.6. The molecule has 0 spiro atoms. The van der Waals surface area contributed by atoms with Crippen molar-refractivity contribution in [2.75, 3.05) is 34.2 Å². The van der Waals surface area contributed by atoms with E-state index < -0.39 is 0 Å². The minimum absolute atomic E-state index is 0.0176. The van der Waals surface area contributed by atoms with Gasteiger partial charge in [0.15, 0.2) is 5.82 Å². The fourth-order valence-corrected chi connectivity index (χ4v) is 3.87. The normalized spacial score (nSPS) is 16.5. The SMILES string of the molecule is Cc1nc([C@@H]2CCCCN2C(=O)CN(C)Cc2ccc(F)cc2)ncc1C(=O)N(C)C. The Balaban J connectivity index is 1.71. The number of likely N-dealkylation sites (tertiary alicyclic amines) is 1. The van der Waals surface area contributed by atoms with Crippen molar-refractivity contribution < 1.29 is 14.0 Å². The maximum absolute atomic E-state index is 13.1. The molecule has 1 aliphatic rings. The lowest BCUT2D eigenvalue weighted by Crippen LogP contribution is -2.44. The van der Waals surface area contributed by atoms with E-state index in [1.165, 1.54) is 17.0 Å². The van der Waals surface area contributed by atoms with Gasteiger partial charge >= 0.3 is 0 Å². The van der Waals surface area contributed by atoms with Crippen LogP contribution < -0.4 is 0 Å². The first kappa shape index (κ1) is 22.8. The van der Waals surface area contributed by atoms with E-state index in [2.05, 4.69) is 9.97 Å². The van der Waals surface area contributed by atoms with Gasteiger partial charge in [-0.05, 0) is 50.9 Å². The molecule has 166 valence electrons. The number of nitrogens with zero attached hydrogens (tertiary/aromatic N) is 5. The molecule has 1 atom stereocenters. The molecule has 2 amide bonds. The Morgan fingerprint density at radius 3 is 2.52 bits per heavy atom. The molecule has 1 saturated heterocycles. The Labute approximate surface area is 182 Å². The zero-order chi connectivity index (χ0) is 22.5. The Kier molecular flexibility index (Phi) is 7.33. The van der Waals surface area contributed by atoms with Crippen molar-refractivity contribution in [1.29, 1.82) is 0 Å². The van der Waals surface area contributed by atoms with Gasteiger partial charge in [-0.15, -0.1) is 0 Å². The van der Waals surface area contributed by atoms with E-state index in [4.69, 9.17) is 0 Å². The summed E-state index contributed by atoms with van der Waals surface area (Å²) in [5, 5.41) is 0. The third-order valence-electron chi connectivity index (χ3n) is 5.53. The van der Waals surface area contributed by atoms with Crippen molar-refractivity contribution in [1.82, 2.24) is 24.7 Å². The molecule has 3 rings (SSSR count). The van der Waals surface area contributed by atoms with E-state index in [0.717, 1.165) is 24.8 Å². The molecule has 31 heavy (non-hydrogen) atoms. The molecule has 1 aromatic heterocycles. The molecule has 1 fully saturated rings. The number of aryl methyl sites for hydroxylation is 1. The highest BCUT2D eigenvalue weighted by atomic mass is 19.1. The van der Waals surface area contributed by atoms with Crippen molar-refractivity contribution in [2.45, 2.75) is 38.8 Å². The van der Waals surface area contributed by atoms with Gasteiger partial charge in [0.1, 0.15) is 5.82 Å². The molecule has 1 aromatic carbocycles. The Hall–Kier alpha value is -2.87. The number of carbonyl (C=O) groups is 2. The zero-order valence-corrected chi connectivity index (χ0v) is 18.6. The summed E-state index contributed by atoms with van der Waals surface area (Å²) in [4.78, 5) is 39.7. The molecule has 1 aliphatic heterocycles. The van der Waals surface area contributed by atoms with E-state index in [1.807, 2.05) is 16.8 Å². The number of halogens is 1. The van der Waals surface area contributed by atoms with Crippen LogP contribution in [0.15, 0.2) is 30.5 Å². The molecule has 2 heterocycles. The number of carbonyl (C=O) groups excluding carboxylic acids is 2. The molecule has 0 N–H and O–H groups in total. The summed E-state index contributed by atoms with van der Waals surface area (Å²) in [6.45, 7) is 3.27. The van der Waals surface area contributed by atoms with Gasteiger partial charge in [0.25, 0.3) is 5.91 Å². The van der Waals surface area contributed by atoms with Gasteiger partial charge in [0.2, 0.25) is 5.91 Å². The van der Waals surface area contributed by atoms with Crippen LogP contribution in [0.25, 0.3) is 0 Å². The highest BCUT2D eigenvalue weighted by Crippen LogP contribution is 2.29. The second kappa shape index (κ2) is 9.96. The first-order valence-corrected chi connectivity index (χ1v) is 10.5. The van der Waals surface area contributed by atoms with Crippen molar-refractivity contribution in [3.05, 3.63) is 58.9 Å². The van der Waals surface area contributed by atoms with Crippen LogP contribution in [0.2, 0.25) is 0 Å². The third-order valence-corrected chi connectivity index (χ3v) is 5.53. The smallest absolute Gasteiger partial charge is 0.256 e. The fourth-order valence-electron chi connectivity index (χ4n) is 3.87. The average molecular weight is 428 g/mol. The Bertz CT molecular complexity index is 932. The van der Waals surface area contributed by atoms with Crippen LogP contribution in [-0.4, -0.2) is 70.7 Å². The van der Waals surface area contributed by atoms with Crippen LogP contribution in [0.4, 0.5) is 4.39 Å². The summed E-state index contributed by atoms with van der Waals surface area (Å²) in [7, 11) is 5.27. The topological polar surface area (TPSA) is 69.6 Å². The van der Waals surface area contributed by atoms with Crippen LogP contribution in [0.1, 0.15) is 52.7 Å². The van der Waals surface area contributed by atoms with Crippen molar-refractivity contribution in [2.24, 2.45) is 0 Å². The minimum atomic E-state index is -0.271. The molecular formula is C23H30FN5O2. The van der Waals surface area contributed by atoms with Gasteiger partial charge in [-0.3, -0.25) is 14.5 Å². The standard InChI is InChI=1S/C23H30FN5O2/c1-16-19(23(31)27(2)3)13-25-22(26-16)20-7-5-6-12-29(20)21(30)15-28(4)14-17-8-10-18(24)11-9-17/h8-11,13,20H,5-7,12,14-15H2,1-4H3/t20-/m0/s1. The number of hydrogen-bond donors (Lipinski definition) is 0. The molecule has 0 unspecified atom stereocenters. The highest BCUT2D eigenvalue weighted by Gasteiger charge is 2.31. The largest absolute Gasteiger partial charge is 0.345 e. The predicted octanol–water partition coefficient (Wildman–Crippen LogP) is 2.81. The molecule has 0 radical (unpaired) electrons. The van der Waals surface area contributed by atoms with Gasteiger partial charge in [-0.25, -0.2) is 14.4 Å². The average Bonchev–Trinajstić information content (AvgIpc) is 2.74. The van der Waals surface area contributed by atoms with Gasteiger partial charge in [0.05, 0.1) is 23.8 Å². The summed E-state index contributed by atoms with van der Waals surface area (Å²) in [5.74, 6) is 0.196. The number of piperidine rings is 1. The van der Waals surface area contributed by atoms with E-state index in [9.17, 15) is 14.0 Å². The number of likely N-dealkylation sites (N-methyl/N-ethyl adjacent to an activating group) is 1. The lowest BCUT2D eigenvalue weighted by atomic mass is 10.0. The minimum Gasteiger partial charge on any atom is -0.345 e. The monoisotopic (exact) mass is 427 g/mol. The fraction of sp³-hybridized carbons (Fsp3) is 0.478. The van der Waals surface area contributed by atoms with Crippen LogP contribution in [0.3, 0.4) is 0 Å². The van der Waals surface area contributed by atoms with Gasteiger partial charge in [0, 0.05) is 33.4 Å². The number of benzene rings is 1. The Morgan fingerprint density at radius 1 is 1.16 bits per heavy atom. The summed E-state index contributed by atoms with van der Waals surface area (Å²) >= 11 is 0. The quantitative estimate of drug-likeness (QED) is 0.709. The number of aromatic nitrogens is 2. The predicted molar refractivity (Wildman–Crippen MR) is 116 cm³/mol. The van der Waals surface area contributed by atoms with E-state index in [1.54, 1.807) is 39.3 Å². The molecule has 7 nitrogen and oxygen atoms in total. The van der Waals surface area contributed by atoms with Crippen molar-refractivity contribution >= 4 is 11.8 Å². The molecule has 0 aliphatic carbocycles. The van der Waals surface area contributed by atoms with Crippen molar-refractivity contribution in [3.63, 3.8) is 0 Å². The van der Waals surface area contributed by atoms with E-state index in [-0.39, 0.29) is 30.2 Å². The first-order valence-electron chi connectivity index (χ1n) is 10.5. The second-order valence-corrected chi connectivity index (χ2v) is 8.32. The van der Waals surface area contributed by atoms with Gasteiger partial charge < -0.3 is 9.80 Å². The molecule has 0 saturated carbocycles. The maximum Gasteiger partial charge on any atom is 0.256 e. The number of hydrogen-bond acceptors (Lipinski definition) is 5. The molecular weight excluding hydrogens is 397 g/mol.